The van der Waals surface area contributed by atoms with Gasteiger partial charge >= 0.3 is 0 Å². The maximum absolute atomic E-state index is 13.6. The van der Waals surface area contributed by atoms with Crippen LogP contribution in [0.5, 0.6) is 0 Å². The van der Waals surface area contributed by atoms with Gasteiger partial charge in [-0.15, -0.1) is 0 Å². The summed E-state index contributed by atoms with van der Waals surface area (Å²) >= 11 is 0. The average molecular weight is 575 g/mol. The highest BCUT2D eigenvalue weighted by Gasteiger charge is 2.19. The van der Waals surface area contributed by atoms with Crippen LogP contribution < -0.4 is 0 Å². The summed E-state index contributed by atoms with van der Waals surface area (Å²) in [5, 5.41) is 5.41. The molecule has 3 aromatic rings. The van der Waals surface area contributed by atoms with Crippen molar-refractivity contribution in [3.05, 3.63) is 47.7 Å². The Morgan fingerprint density at radius 1 is 1.05 bits per heavy atom. The van der Waals surface area contributed by atoms with Crippen molar-refractivity contribution in [1.82, 2.24) is 19.7 Å². The van der Waals surface area contributed by atoms with Crippen LogP contribution in [0.3, 0.4) is 0 Å². The summed E-state index contributed by atoms with van der Waals surface area (Å²) in [5.41, 5.74) is 4.51. The number of hydrogen-bond donors (Lipinski definition) is 0. The molecule has 0 amide bonds. The van der Waals surface area contributed by atoms with E-state index in [0.717, 1.165) is 87.1 Å². The van der Waals surface area contributed by atoms with Crippen molar-refractivity contribution in [1.29, 1.82) is 0 Å². The minimum atomic E-state index is 0.119. The van der Waals surface area contributed by atoms with Crippen LogP contribution in [-0.2, 0) is 16.1 Å². The van der Waals surface area contributed by atoms with Gasteiger partial charge in [0.2, 0.25) is 0 Å². The monoisotopic (exact) mass is 574 g/mol. The van der Waals surface area contributed by atoms with E-state index in [0.29, 0.717) is 36.5 Å². The van der Waals surface area contributed by atoms with Crippen molar-refractivity contribution in [2.45, 2.75) is 104 Å². The predicted molar refractivity (Wildman–Crippen MR) is 170 cm³/mol. The number of benzene rings is 1. The van der Waals surface area contributed by atoms with E-state index in [9.17, 15) is 9.59 Å². The average Bonchev–Trinajstić information content (AvgIpc) is 3.43. The maximum atomic E-state index is 13.6. The van der Waals surface area contributed by atoms with Crippen molar-refractivity contribution in [3.8, 4) is 11.3 Å². The lowest BCUT2D eigenvalue weighted by atomic mass is 9.93. The molecule has 0 spiro atoms. The van der Waals surface area contributed by atoms with E-state index in [1.165, 1.54) is 18.4 Å². The Balaban J connectivity index is 1.40. The van der Waals surface area contributed by atoms with Crippen molar-refractivity contribution in [2.24, 2.45) is 5.92 Å². The van der Waals surface area contributed by atoms with Crippen molar-refractivity contribution in [2.75, 3.05) is 26.8 Å². The quantitative estimate of drug-likeness (QED) is 0.121. The smallest absolute Gasteiger partial charge is 0.163 e. The van der Waals surface area contributed by atoms with Crippen LogP contribution in [0.25, 0.3) is 22.3 Å². The summed E-state index contributed by atoms with van der Waals surface area (Å²) in [6, 6.07) is 10.6. The molecule has 0 radical (unpaired) electrons. The highest BCUT2D eigenvalue weighted by Crippen LogP contribution is 2.28. The molecule has 1 aromatic carbocycles. The van der Waals surface area contributed by atoms with Crippen LogP contribution in [0.2, 0.25) is 0 Å². The van der Waals surface area contributed by atoms with Gasteiger partial charge in [-0.05, 0) is 89.6 Å². The largest absolute Gasteiger partial charge is 0.381 e. The summed E-state index contributed by atoms with van der Waals surface area (Å²) in [5.74, 6) is 1.11. The van der Waals surface area contributed by atoms with Gasteiger partial charge in [0.15, 0.2) is 11.4 Å². The number of fused-ring (bicyclic) bond motifs is 1. The molecule has 0 unspecified atom stereocenters. The minimum Gasteiger partial charge on any atom is -0.381 e. The molecule has 7 heteroatoms. The standard InChI is InChI=1S/C35H50N4O3/c1-5-6-19-38(4)25-28-11-10-12-29(22-28)33-23-31(32-24-36-39(26(2)3)35(32)37-33)34(41)14-9-7-8-13-30(40)16-15-27-17-20-42-21-18-27/h10-12,22-24,26-27H,5-9,13-21,25H2,1-4H3. The van der Waals surface area contributed by atoms with Crippen LogP contribution in [0.4, 0.5) is 0 Å². The lowest BCUT2D eigenvalue weighted by molar-refractivity contribution is -0.119. The lowest BCUT2D eigenvalue weighted by Gasteiger charge is -2.21. The summed E-state index contributed by atoms with van der Waals surface area (Å²) in [6.45, 7) is 10.00. The third-order valence-electron chi connectivity index (χ3n) is 8.46. The first kappa shape index (κ1) is 32.0. The molecule has 0 saturated carbocycles. The molecule has 7 nitrogen and oxygen atoms in total. The number of ether oxygens (including phenoxy) is 1. The number of Topliss-reactive ketones (excluding diaryl/α,β-unsaturated/α-hetero) is 2. The maximum Gasteiger partial charge on any atom is 0.163 e. The molecule has 1 saturated heterocycles. The lowest BCUT2D eigenvalue weighted by Crippen LogP contribution is -2.18. The van der Waals surface area contributed by atoms with Crippen LogP contribution in [0.15, 0.2) is 36.5 Å². The molecular formula is C35H50N4O3. The van der Waals surface area contributed by atoms with E-state index in [1.54, 1.807) is 6.20 Å². The van der Waals surface area contributed by atoms with Crippen LogP contribution in [0.1, 0.15) is 113 Å². The van der Waals surface area contributed by atoms with Crippen molar-refractivity contribution >= 4 is 22.6 Å². The molecule has 228 valence electrons. The summed E-state index contributed by atoms with van der Waals surface area (Å²) < 4.78 is 7.33. The van der Waals surface area contributed by atoms with Gasteiger partial charge in [-0.3, -0.25) is 9.59 Å². The first-order valence-electron chi connectivity index (χ1n) is 16.1. The van der Waals surface area contributed by atoms with E-state index in [4.69, 9.17) is 9.72 Å². The van der Waals surface area contributed by atoms with Gasteiger partial charge in [0.1, 0.15) is 5.78 Å². The van der Waals surface area contributed by atoms with E-state index in [-0.39, 0.29) is 11.8 Å². The zero-order chi connectivity index (χ0) is 29.9. The fourth-order valence-corrected chi connectivity index (χ4v) is 5.87. The van der Waals surface area contributed by atoms with Crippen LogP contribution in [-0.4, -0.2) is 58.0 Å². The van der Waals surface area contributed by atoms with Gasteiger partial charge < -0.3 is 9.64 Å². The first-order valence-corrected chi connectivity index (χ1v) is 16.1. The molecule has 0 aliphatic carbocycles. The van der Waals surface area contributed by atoms with Gasteiger partial charge in [0.05, 0.1) is 11.9 Å². The molecule has 4 rings (SSSR count). The topological polar surface area (TPSA) is 77.3 Å². The molecule has 0 atom stereocenters. The number of hydrogen-bond acceptors (Lipinski definition) is 6. The third kappa shape index (κ3) is 9.05. The normalized spacial score (nSPS) is 14.3. The summed E-state index contributed by atoms with van der Waals surface area (Å²) in [4.78, 5) is 33.3. The molecular weight excluding hydrogens is 524 g/mol. The third-order valence-corrected chi connectivity index (χ3v) is 8.46. The van der Waals surface area contributed by atoms with Crippen molar-refractivity contribution in [3.63, 3.8) is 0 Å². The Labute approximate surface area is 252 Å². The number of unbranched alkanes of at least 4 members (excludes halogenated alkanes) is 3. The fourth-order valence-electron chi connectivity index (χ4n) is 5.87. The number of aromatic nitrogens is 3. The van der Waals surface area contributed by atoms with Gasteiger partial charge in [0, 0.05) is 61.6 Å². The Morgan fingerprint density at radius 3 is 2.60 bits per heavy atom. The number of rotatable bonds is 17. The van der Waals surface area contributed by atoms with E-state index in [1.807, 2.05) is 10.7 Å². The second-order valence-electron chi connectivity index (χ2n) is 12.4. The Kier molecular flexibility index (Phi) is 12.3. The summed E-state index contributed by atoms with van der Waals surface area (Å²) in [6.07, 6.45) is 11.6. The molecule has 1 aliphatic rings. The highest BCUT2D eigenvalue weighted by atomic mass is 16.5. The zero-order valence-electron chi connectivity index (χ0n) is 26.2. The molecule has 3 heterocycles. The molecule has 1 aliphatic heterocycles. The number of nitrogens with zero attached hydrogens (tertiary/aromatic N) is 4. The SMILES string of the molecule is CCCCN(C)Cc1cccc(-c2cc(C(=O)CCCCCC(=O)CCC3CCOCC3)c3cnn(C(C)C)c3n2)c1. The molecule has 42 heavy (non-hydrogen) atoms. The van der Waals surface area contributed by atoms with Crippen molar-refractivity contribution < 1.29 is 14.3 Å². The number of ketones is 2. The van der Waals surface area contributed by atoms with Gasteiger partial charge in [-0.1, -0.05) is 38.0 Å². The molecule has 0 N–H and O–H groups in total. The van der Waals surface area contributed by atoms with Gasteiger partial charge in [0.25, 0.3) is 0 Å². The van der Waals surface area contributed by atoms with Crippen LogP contribution in [0, 0.1) is 5.92 Å². The molecule has 2 aromatic heterocycles. The Bertz CT molecular complexity index is 1310. The predicted octanol–water partition coefficient (Wildman–Crippen LogP) is 7.82. The second kappa shape index (κ2) is 16.1. The molecule has 0 bridgehead atoms. The minimum absolute atomic E-state index is 0.119. The van der Waals surface area contributed by atoms with E-state index in [2.05, 4.69) is 62.1 Å². The summed E-state index contributed by atoms with van der Waals surface area (Å²) in [7, 11) is 2.16. The Morgan fingerprint density at radius 2 is 1.83 bits per heavy atom. The molecule has 1 fully saturated rings. The fraction of sp³-hybridized carbons (Fsp3) is 0.600. The second-order valence-corrected chi connectivity index (χ2v) is 12.4. The van der Waals surface area contributed by atoms with Crippen LogP contribution >= 0.6 is 0 Å². The van der Waals surface area contributed by atoms with E-state index < -0.39 is 0 Å². The van der Waals surface area contributed by atoms with Gasteiger partial charge in [-0.25, -0.2) is 9.67 Å². The van der Waals surface area contributed by atoms with E-state index >= 15 is 0 Å². The number of carbonyl (C=O) groups excluding carboxylic acids is 2. The van der Waals surface area contributed by atoms with Gasteiger partial charge in [-0.2, -0.15) is 5.10 Å². The first-order chi connectivity index (χ1) is 20.4. The highest BCUT2D eigenvalue weighted by molar-refractivity contribution is 6.07. The number of carbonyl (C=O) groups is 2. The zero-order valence-corrected chi connectivity index (χ0v) is 26.2. The number of pyridine rings is 1. The Hall–Kier alpha value is -2.90.